The summed E-state index contributed by atoms with van der Waals surface area (Å²) in [6.07, 6.45) is -2.19. The average molecular weight is 823 g/mol. The number of phenolic OH excluding ortho intramolecular Hbond substituents is 2. The predicted octanol–water partition coefficient (Wildman–Crippen LogP) is 2.13. The molecule has 0 aromatic heterocycles. The zero-order valence-corrected chi connectivity index (χ0v) is 33.1. The monoisotopic (exact) mass is 822 g/mol. The molecule has 0 saturated carbocycles. The van der Waals surface area contributed by atoms with Crippen molar-refractivity contribution in [2.75, 3.05) is 40.0 Å². The van der Waals surface area contributed by atoms with E-state index in [1.165, 1.54) is 32.2 Å². The van der Waals surface area contributed by atoms with E-state index in [0.717, 1.165) is 0 Å². The van der Waals surface area contributed by atoms with Crippen molar-refractivity contribution < 1.29 is 73.2 Å². The lowest BCUT2D eigenvalue weighted by Crippen LogP contribution is -2.56. The normalized spacial score (nSPS) is 31.1. The number of hydrogen-bond donors (Lipinski definition) is 6. The van der Waals surface area contributed by atoms with Crippen LogP contribution in [-0.4, -0.2) is 136 Å². The van der Waals surface area contributed by atoms with E-state index in [-0.39, 0.29) is 40.3 Å². The molecular weight excluding hydrogens is 772 g/mol. The van der Waals surface area contributed by atoms with E-state index in [1.807, 2.05) is 17.9 Å². The summed E-state index contributed by atoms with van der Waals surface area (Å²) in [6.45, 7) is 4.38. The van der Waals surface area contributed by atoms with Crippen molar-refractivity contribution in [3.63, 3.8) is 0 Å². The zero-order chi connectivity index (χ0) is 42.4. The summed E-state index contributed by atoms with van der Waals surface area (Å²) in [5, 5.41) is 58.7. The first-order valence-electron chi connectivity index (χ1n) is 19.8. The topological polar surface area (TPSA) is 248 Å². The molecule has 2 aromatic carbocycles. The number of phenols is 2. The summed E-state index contributed by atoms with van der Waals surface area (Å²) in [5.41, 5.74) is -4.76. The van der Waals surface area contributed by atoms with Gasteiger partial charge in [0.05, 0.1) is 55.3 Å². The quantitative estimate of drug-likeness (QED) is 0.141. The number of morpholine rings is 1. The van der Waals surface area contributed by atoms with Crippen molar-refractivity contribution in [1.29, 1.82) is 0 Å². The zero-order valence-electron chi connectivity index (χ0n) is 33.1. The van der Waals surface area contributed by atoms with Crippen molar-refractivity contribution in [3.8, 4) is 17.2 Å². The molecule has 0 bridgehead atoms. The van der Waals surface area contributed by atoms with Gasteiger partial charge in [0.15, 0.2) is 17.9 Å². The van der Waals surface area contributed by atoms with Gasteiger partial charge in [-0.05, 0) is 44.7 Å². The molecule has 17 nitrogen and oxygen atoms in total. The summed E-state index contributed by atoms with van der Waals surface area (Å²) in [6, 6.07) is 3.30. The minimum absolute atomic E-state index is 0.0403. The van der Waals surface area contributed by atoms with Gasteiger partial charge in [-0.25, -0.2) is 4.79 Å². The van der Waals surface area contributed by atoms with Gasteiger partial charge in [0, 0.05) is 54.5 Å². The van der Waals surface area contributed by atoms with Crippen molar-refractivity contribution in [3.05, 3.63) is 63.7 Å². The highest BCUT2D eigenvalue weighted by Gasteiger charge is 2.50. The van der Waals surface area contributed by atoms with Gasteiger partial charge in [-0.2, -0.15) is 0 Å². The maximum absolute atomic E-state index is 14.0. The number of hydrogen-bond acceptors (Lipinski definition) is 15. The van der Waals surface area contributed by atoms with Crippen molar-refractivity contribution in [2.45, 2.75) is 101 Å². The molecule has 17 heteroatoms. The Morgan fingerprint density at radius 1 is 1.03 bits per heavy atom. The number of carbonyl (C=O) groups excluding carboxylic acids is 5. The Morgan fingerprint density at radius 2 is 1.76 bits per heavy atom. The van der Waals surface area contributed by atoms with Crippen LogP contribution in [0.25, 0.3) is 0 Å². The van der Waals surface area contributed by atoms with E-state index < -0.39 is 113 Å². The number of benzene rings is 2. The molecule has 3 aliphatic carbocycles. The van der Waals surface area contributed by atoms with Crippen molar-refractivity contribution >= 4 is 29.4 Å². The fourth-order valence-electron chi connectivity index (χ4n) is 8.97. The van der Waals surface area contributed by atoms with E-state index in [1.54, 1.807) is 6.08 Å². The second-order valence-electron chi connectivity index (χ2n) is 16.2. The first kappa shape index (κ1) is 42.2. The molecule has 0 spiro atoms. The van der Waals surface area contributed by atoms with Gasteiger partial charge >= 0.3 is 6.09 Å². The van der Waals surface area contributed by atoms with Gasteiger partial charge in [-0.3, -0.25) is 19.2 Å². The molecule has 6 N–H and O–H groups in total. The van der Waals surface area contributed by atoms with Crippen molar-refractivity contribution in [1.82, 2.24) is 10.2 Å². The maximum Gasteiger partial charge on any atom is 0.408 e. The number of nitrogens with zero attached hydrogens (tertiary/aromatic N) is 1. The number of nitrogens with one attached hydrogen (secondary N) is 1. The molecule has 59 heavy (non-hydrogen) atoms. The minimum Gasteiger partial charge on any atom is -0.507 e. The number of Topliss-reactive ketones (excluding diaryl/α,β-unsaturated/α-hetero) is 1. The highest BCUT2D eigenvalue weighted by Crippen LogP contribution is 2.52. The fourth-order valence-corrected chi connectivity index (χ4v) is 8.97. The Labute approximate surface area is 339 Å². The molecule has 318 valence electrons. The van der Waals surface area contributed by atoms with E-state index in [9.17, 15) is 49.5 Å². The summed E-state index contributed by atoms with van der Waals surface area (Å²) >= 11 is 0. The number of ketones is 3. The molecule has 0 unspecified atom stereocenters. The Bertz CT molecular complexity index is 2060. The van der Waals surface area contributed by atoms with Crippen LogP contribution in [0.4, 0.5) is 4.79 Å². The highest BCUT2D eigenvalue weighted by atomic mass is 16.7. The van der Waals surface area contributed by atoms with Crippen LogP contribution < -0.4 is 10.1 Å². The first-order valence-corrected chi connectivity index (χ1v) is 19.8. The molecule has 0 radical (unpaired) electrons. The lowest BCUT2D eigenvalue weighted by atomic mass is 9.72. The molecule has 5 aliphatic rings. The van der Waals surface area contributed by atoms with Crippen LogP contribution >= 0.6 is 0 Å². The number of fused-ring (bicyclic) bond motifs is 3. The van der Waals surface area contributed by atoms with E-state index in [4.69, 9.17) is 23.7 Å². The molecule has 7 rings (SSSR count). The number of ether oxygens (including phenoxy) is 5. The summed E-state index contributed by atoms with van der Waals surface area (Å²) in [4.78, 5) is 69.5. The third-order valence-corrected chi connectivity index (χ3v) is 12.3. The van der Waals surface area contributed by atoms with Crippen LogP contribution in [0.3, 0.4) is 0 Å². The Hall–Kier alpha value is -4.91. The Morgan fingerprint density at radius 3 is 2.47 bits per heavy atom. The Kier molecular flexibility index (Phi) is 11.9. The standard InChI is InChI=1S/C42H50N2O15/c1-21-34(47)25(43-40(53)58-22-7-4-5-11-41(2,12-10-22)39(52)44-13-15-56-16-14-44)17-29(57-21)59-27-19-42(54,28(46)20-45)18-24-31(27)38(51)33-32(36(24)49)35(48)23-8-6-9-26(55-3)30(23)37(33)50/h4,6-9,21-22,25,27,29,34,45,47,49,51,54H,5,10-20H2,1-3H3,(H,43,53)/b7-4+/t21-,22-,25-,27-,29-,34+,41+,42-/m0/s1. The minimum atomic E-state index is -2.36. The van der Waals surface area contributed by atoms with Crippen molar-refractivity contribution in [2.24, 2.45) is 5.41 Å². The van der Waals surface area contributed by atoms with Crippen LogP contribution in [0.5, 0.6) is 17.2 Å². The SMILES string of the molecule is COc1cccc2c1C(=O)c1c(O)c3c(c(O)c1C2=O)C[C@@](O)(C(=O)CO)C[C@@H]3O[C@H]1C[C@H](NC(=O)O[C@H]2/C=C/CC[C@@](C)(C(=O)N3CCOCC3)CC2)[C@H](O)[C@H](C)O1. The summed E-state index contributed by atoms with van der Waals surface area (Å²) in [5.74, 6) is -4.07. The molecule has 8 atom stereocenters. The van der Waals surface area contributed by atoms with Gasteiger partial charge in [0.25, 0.3) is 0 Å². The summed E-state index contributed by atoms with van der Waals surface area (Å²) < 4.78 is 28.7. The molecule has 2 saturated heterocycles. The predicted molar refractivity (Wildman–Crippen MR) is 204 cm³/mol. The number of aromatic hydroxyl groups is 2. The Balaban J connectivity index is 1.11. The number of methoxy groups -OCH3 is 1. The lowest BCUT2D eigenvalue weighted by molar-refractivity contribution is -0.249. The summed E-state index contributed by atoms with van der Waals surface area (Å²) in [7, 11) is 1.31. The van der Waals surface area contributed by atoms with Crippen LogP contribution in [0.15, 0.2) is 30.4 Å². The third-order valence-electron chi connectivity index (χ3n) is 12.3. The second kappa shape index (κ2) is 16.6. The van der Waals surface area contributed by atoms with Gasteiger partial charge in [-0.15, -0.1) is 0 Å². The molecule has 2 aliphatic heterocycles. The largest absolute Gasteiger partial charge is 0.507 e. The number of aliphatic hydroxyl groups is 3. The third kappa shape index (κ3) is 7.82. The first-order chi connectivity index (χ1) is 28.1. The number of amides is 2. The average Bonchev–Trinajstić information content (AvgIpc) is 3.22. The molecular formula is C42H50N2O15. The van der Waals surface area contributed by atoms with Crippen LogP contribution in [0, 0.1) is 5.41 Å². The fraction of sp³-hybridized carbons (Fsp3) is 0.548. The molecule has 2 heterocycles. The number of carbonyl (C=O) groups is 5. The van der Waals surface area contributed by atoms with E-state index in [2.05, 4.69) is 5.32 Å². The van der Waals surface area contributed by atoms with E-state index >= 15 is 0 Å². The number of aliphatic hydroxyl groups excluding tert-OH is 2. The van der Waals surface area contributed by atoms with Gasteiger partial charge < -0.3 is 59.4 Å². The maximum atomic E-state index is 14.0. The van der Waals surface area contributed by atoms with Gasteiger partial charge in [-0.1, -0.05) is 25.1 Å². The molecule has 2 aromatic rings. The van der Waals surface area contributed by atoms with Crippen LogP contribution in [-0.2, 0) is 35.0 Å². The lowest BCUT2D eigenvalue weighted by Gasteiger charge is -2.42. The smallest absolute Gasteiger partial charge is 0.408 e. The van der Waals surface area contributed by atoms with Gasteiger partial charge in [0.1, 0.15) is 41.7 Å². The molecule has 2 fully saturated rings. The van der Waals surface area contributed by atoms with Crippen LogP contribution in [0.2, 0.25) is 0 Å². The van der Waals surface area contributed by atoms with Crippen LogP contribution in [0.1, 0.15) is 101 Å². The number of allylic oxidation sites excluding steroid dienone is 1. The number of alkyl carbamates (subject to hydrolysis) is 1. The second-order valence-corrected chi connectivity index (χ2v) is 16.2. The van der Waals surface area contributed by atoms with Gasteiger partial charge in [0.2, 0.25) is 11.7 Å². The van der Waals surface area contributed by atoms with E-state index in [0.29, 0.717) is 52.0 Å². The number of rotatable bonds is 8. The molecule has 2 amide bonds. The highest BCUT2D eigenvalue weighted by molar-refractivity contribution is 6.31.